The molecule has 21 heavy (non-hydrogen) atoms. The Morgan fingerprint density at radius 2 is 1.67 bits per heavy atom. The summed E-state index contributed by atoms with van der Waals surface area (Å²) in [6.07, 6.45) is 4.99. The molecule has 1 saturated carbocycles. The molecule has 0 heterocycles. The molecule has 0 atom stereocenters. The second-order valence-electron chi connectivity index (χ2n) is 5.45. The molecule has 1 aliphatic rings. The molecule has 3 rings (SSSR count). The Morgan fingerprint density at radius 1 is 0.952 bits per heavy atom. The average Bonchev–Trinajstić information content (AvgIpc) is 3.01. The van der Waals surface area contributed by atoms with Gasteiger partial charge in [-0.15, -0.1) is 0 Å². The van der Waals surface area contributed by atoms with E-state index >= 15 is 0 Å². The zero-order valence-electron chi connectivity index (χ0n) is 12.3. The maximum Gasteiger partial charge on any atom is 0.169 e. The lowest BCUT2D eigenvalue weighted by molar-refractivity contribution is 0.202. The molecule has 2 aromatic carbocycles. The van der Waals surface area contributed by atoms with Crippen molar-refractivity contribution in [3.63, 3.8) is 0 Å². The molecule has 2 N–H and O–H groups in total. The molecule has 0 amide bonds. The van der Waals surface area contributed by atoms with Gasteiger partial charge in [0.15, 0.2) is 11.5 Å². The van der Waals surface area contributed by atoms with Crippen LogP contribution < -0.4 is 15.2 Å². The van der Waals surface area contributed by atoms with Gasteiger partial charge in [-0.1, -0.05) is 30.3 Å². The minimum Gasteiger partial charge on any atom is -0.493 e. The van der Waals surface area contributed by atoms with E-state index in [1.54, 1.807) is 7.11 Å². The van der Waals surface area contributed by atoms with Crippen molar-refractivity contribution >= 4 is 5.69 Å². The van der Waals surface area contributed by atoms with Crippen LogP contribution in [0.5, 0.6) is 11.5 Å². The highest BCUT2D eigenvalue weighted by molar-refractivity contribution is 5.82. The van der Waals surface area contributed by atoms with Crippen LogP contribution in [0.2, 0.25) is 0 Å². The van der Waals surface area contributed by atoms with Crippen LogP contribution in [0, 0.1) is 0 Å². The number of para-hydroxylation sites is 2. The maximum atomic E-state index is 6.26. The van der Waals surface area contributed by atoms with E-state index in [-0.39, 0.29) is 6.10 Å². The van der Waals surface area contributed by atoms with Crippen molar-refractivity contribution in [1.29, 1.82) is 0 Å². The molecule has 3 heteroatoms. The van der Waals surface area contributed by atoms with Gasteiger partial charge < -0.3 is 15.2 Å². The van der Waals surface area contributed by atoms with Gasteiger partial charge in [0.1, 0.15) is 0 Å². The highest BCUT2D eigenvalue weighted by Crippen LogP contribution is 2.41. The molecule has 3 nitrogen and oxygen atoms in total. The first kappa shape index (κ1) is 13.8. The average molecular weight is 283 g/mol. The minimum absolute atomic E-state index is 0.282. The van der Waals surface area contributed by atoms with Gasteiger partial charge in [-0.2, -0.15) is 0 Å². The van der Waals surface area contributed by atoms with Gasteiger partial charge in [-0.3, -0.25) is 0 Å². The van der Waals surface area contributed by atoms with E-state index in [9.17, 15) is 0 Å². The number of hydrogen-bond donors (Lipinski definition) is 1. The van der Waals surface area contributed by atoms with Crippen molar-refractivity contribution in [2.45, 2.75) is 31.8 Å². The Kier molecular flexibility index (Phi) is 4.00. The summed E-state index contributed by atoms with van der Waals surface area (Å²) in [6, 6.07) is 13.8. The van der Waals surface area contributed by atoms with Crippen LogP contribution >= 0.6 is 0 Å². The maximum absolute atomic E-state index is 6.26. The lowest BCUT2D eigenvalue weighted by Crippen LogP contribution is -2.12. The Hall–Kier alpha value is -2.16. The highest BCUT2D eigenvalue weighted by atomic mass is 16.5. The first-order valence-electron chi connectivity index (χ1n) is 7.48. The van der Waals surface area contributed by atoms with Crippen molar-refractivity contribution in [2.75, 3.05) is 12.8 Å². The summed E-state index contributed by atoms with van der Waals surface area (Å²) >= 11 is 0. The topological polar surface area (TPSA) is 44.5 Å². The number of hydrogen-bond acceptors (Lipinski definition) is 3. The van der Waals surface area contributed by atoms with E-state index in [4.69, 9.17) is 15.2 Å². The van der Waals surface area contributed by atoms with Crippen molar-refractivity contribution in [3.05, 3.63) is 42.5 Å². The third-order valence-corrected chi connectivity index (χ3v) is 4.04. The van der Waals surface area contributed by atoms with Gasteiger partial charge in [0.2, 0.25) is 0 Å². The van der Waals surface area contributed by atoms with E-state index in [0.29, 0.717) is 0 Å². The van der Waals surface area contributed by atoms with E-state index in [1.807, 2.05) is 42.5 Å². The summed E-state index contributed by atoms with van der Waals surface area (Å²) in [5.41, 5.74) is 8.87. The second-order valence-corrected chi connectivity index (χ2v) is 5.45. The quantitative estimate of drug-likeness (QED) is 0.852. The minimum atomic E-state index is 0.282. The molecule has 0 aliphatic heterocycles. The Balaban J connectivity index is 2.05. The zero-order valence-corrected chi connectivity index (χ0v) is 12.3. The monoisotopic (exact) mass is 283 g/mol. The summed E-state index contributed by atoms with van der Waals surface area (Å²) in [7, 11) is 1.68. The molecule has 1 aliphatic carbocycles. The van der Waals surface area contributed by atoms with Gasteiger partial charge in [0.05, 0.1) is 13.2 Å². The molecule has 0 spiro atoms. The van der Waals surface area contributed by atoms with Crippen molar-refractivity contribution in [1.82, 2.24) is 0 Å². The normalized spacial score (nSPS) is 15.1. The highest BCUT2D eigenvalue weighted by Gasteiger charge is 2.21. The third kappa shape index (κ3) is 2.82. The van der Waals surface area contributed by atoms with Crippen molar-refractivity contribution in [3.8, 4) is 22.6 Å². The number of benzene rings is 2. The molecule has 110 valence electrons. The standard InChI is InChI=1S/C18H21NO2/c1-20-17-12-6-10-15(14-9-4-5-11-16(14)19)18(17)21-13-7-2-3-8-13/h4-6,9-13H,2-3,7-8,19H2,1H3. The van der Waals surface area contributed by atoms with Gasteiger partial charge in [0, 0.05) is 16.8 Å². The summed E-state index contributed by atoms with van der Waals surface area (Å²) in [5.74, 6) is 1.58. The second kappa shape index (κ2) is 6.08. The molecule has 0 unspecified atom stereocenters. The van der Waals surface area contributed by atoms with E-state index in [1.165, 1.54) is 12.8 Å². The summed E-state index contributed by atoms with van der Waals surface area (Å²) in [4.78, 5) is 0. The van der Waals surface area contributed by atoms with Gasteiger partial charge >= 0.3 is 0 Å². The number of methoxy groups -OCH3 is 1. The molecular weight excluding hydrogens is 262 g/mol. The van der Waals surface area contributed by atoms with E-state index in [2.05, 4.69) is 0 Å². The lowest BCUT2D eigenvalue weighted by Gasteiger charge is -2.20. The number of ether oxygens (including phenoxy) is 2. The van der Waals surface area contributed by atoms with Crippen LogP contribution in [0.15, 0.2) is 42.5 Å². The fraction of sp³-hybridized carbons (Fsp3) is 0.333. The van der Waals surface area contributed by atoms with Gasteiger partial charge in [-0.25, -0.2) is 0 Å². The lowest BCUT2D eigenvalue weighted by atomic mass is 10.0. The predicted molar refractivity (Wildman–Crippen MR) is 85.7 cm³/mol. The molecule has 2 aromatic rings. The summed E-state index contributed by atoms with van der Waals surface area (Å²) in [6.45, 7) is 0. The van der Waals surface area contributed by atoms with E-state index < -0.39 is 0 Å². The van der Waals surface area contributed by atoms with Gasteiger partial charge in [0.25, 0.3) is 0 Å². The van der Waals surface area contributed by atoms with E-state index in [0.717, 1.165) is 41.2 Å². The molecule has 0 radical (unpaired) electrons. The number of rotatable bonds is 4. The summed E-state index contributed by atoms with van der Waals surface area (Å²) < 4.78 is 11.7. The molecular formula is C18H21NO2. The van der Waals surface area contributed by atoms with Gasteiger partial charge in [-0.05, 0) is 37.8 Å². The van der Waals surface area contributed by atoms with Crippen molar-refractivity contribution in [2.24, 2.45) is 0 Å². The zero-order chi connectivity index (χ0) is 14.7. The Morgan fingerprint density at radius 3 is 2.38 bits per heavy atom. The van der Waals surface area contributed by atoms with Crippen molar-refractivity contribution < 1.29 is 9.47 Å². The fourth-order valence-electron chi connectivity index (χ4n) is 2.93. The van der Waals surface area contributed by atoms with Crippen LogP contribution in [-0.4, -0.2) is 13.2 Å². The first-order valence-corrected chi connectivity index (χ1v) is 7.48. The van der Waals surface area contributed by atoms with Crippen LogP contribution in [0.1, 0.15) is 25.7 Å². The SMILES string of the molecule is COc1cccc(-c2ccccc2N)c1OC1CCCC1. The molecule has 0 saturated heterocycles. The smallest absolute Gasteiger partial charge is 0.169 e. The molecule has 1 fully saturated rings. The number of nitrogen functional groups attached to an aromatic ring is 1. The predicted octanol–water partition coefficient (Wildman–Crippen LogP) is 4.27. The fourth-order valence-corrected chi connectivity index (χ4v) is 2.93. The number of nitrogens with two attached hydrogens (primary N) is 1. The molecule has 0 aromatic heterocycles. The van der Waals surface area contributed by atoms with Crippen LogP contribution in [0.25, 0.3) is 11.1 Å². The first-order chi connectivity index (χ1) is 10.3. The van der Waals surface area contributed by atoms with Crippen LogP contribution in [-0.2, 0) is 0 Å². The summed E-state index contributed by atoms with van der Waals surface area (Å²) in [5, 5.41) is 0. The largest absolute Gasteiger partial charge is 0.493 e. The Bertz CT molecular complexity index is 618. The number of anilines is 1. The van der Waals surface area contributed by atoms with Crippen LogP contribution in [0.3, 0.4) is 0 Å². The Labute approximate surface area is 125 Å². The van der Waals surface area contributed by atoms with Crippen LogP contribution in [0.4, 0.5) is 5.69 Å². The molecule has 0 bridgehead atoms. The third-order valence-electron chi connectivity index (χ3n) is 4.04.